The van der Waals surface area contributed by atoms with Gasteiger partial charge in [-0.15, -0.1) is 0 Å². The van der Waals surface area contributed by atoms with Gasteiger partial charge in [0.25, 0.3) is 10.0 Å². The van der Waals surface area contributed by atoms with Crippen molar-refractivity contribution in [1.29, 1.82) is 0 Å². The summed E-state index contributed by atoms with van der Waals surface area (Å²) in [4.78, 5) is 17.9. The van der Waals surface area contributed by atoms with Gasteiger partial charge in [0.1, 0.15) is 5.82 Å². The van der Waals surface area contributed by atoms with E-state index in [0.29, 0.717) is 18.7 Å². The number of carbonyl (C=O) groups is 1. The number of imidazole rings is 1. The molecule has 1 unspecified atom stereocenters. The molecule has 0 fully saturated rings. The molecule has 1 rings (SSSR count). The third-order valence-electron chi connectivity index (χ3n) is 2.96. The Hall–Kier alpha value is -1.41. The third kappa shape index (κ3) is 5.47. The number of hydrogen-bond donors (Lipinski definition) is 3. The summed E-state index contributed by atoms with van der Waals surface area (Å²) in [7, 11) is -3.77. The second-order valence-electron chi connectivity index (χ2n) is 6.20. The zero-order chi connectivity index (χ0) is 16.3. The maximum Gasteiger partial charge on any atom is 0.307 e. The maximum absolute atomic E-state index is 12.1. The van der Waals surface area contributed by atoms with Gasteiger partial charge in [-0.25, -0.2) is 18.1 Å². The lowest BCUT2D eigenvalue weighted by Gasteiger charge is -2.23. The fourth-order valence-corrected chi connectivity index (χ4v) is 2.95. The number of aliphatic carboxylic acids is 1. The van der Waals surface area contributed by atoms with Crippen LogP contribution >= 0.6 is 0 Å². The molecule has 0 aliphatic rings. The van der Waals surface area contributed by atoms with E-state index in [9.17, 15) is 18.3 Å². The zero-order valence-corrected chi connectivity index (χ0v) is 13.6. The number of carboxylic acid groups (broad SMARTS) is 1. The Bertz CT molecular complexity index is 587. The van der Waals surface area contributed by atoms with Gasteiger partial charge in [-0.2, -0.15) is 0 Å². The number of sulfonamides is 1. The van der Waals surface area contributed by atoms with E-state index >= 15 is 0 Å². The number of hydrogen-bond acceptors (Lipinski definition) is 4. The standard InChI is InChI=1S/C13H23N3O4S/c1-5-10-14-8-11(16-10)21(19,20)15-7-9(12(17)18)6-13(2,3)4/h8-9,15H,5-7H2,1-4H3,(H,14,16)(H,17,18). The van der Waals surface area contributed by atoms with E-state index in [1.165, 1.54) is 6.20 Å². The zero-order valence-electron chi connectivity index (χ0n) is 12.8. The first-order valence-corrected chi connectivity index (χ1v) is 8.30. The number of aromatic amines is 1. The smallest absolute Gasteiger partial charge is 0.307 e. The normalized spacial score (nSPS) is 14.1. The summed E-state index contributed by atoms with van der Waals surface area (Å²) < 4.78 is 26.5. The molecule has 1 heterocycles. The molecule has 120 valence electrons. The monoisotopic (exact) mass is 317 g/mol. The van der Waals surface area contributed by atoms with Crippen LogP contribution in [-0.2, 0) is 21.2 Å². The van der Waals surface area contributed by atoms with Gasteiger partial charge in [-0.1, -0.05) is 27.7 Å². The van der Waals surface area contributed by atoms with Crippen LogP contribution in [0.15, 0.2) is 11.2 Å². The molecule has 3 N–H and O–H groups in total. The SMILES string of the molecule is CCc1ncc(S(=O)(=O)NCC(CC(C)(C)C)C(=O)O)[nH]1. The van der Waals surface area contributed by atoms with E-state index in [4.69, 9.17) is 0 Å². The number of aryl methyl sites for hydroxylation is 1. The summed E-state index contributed by atoms with van der Waals surface area (Å²) in [5.74, 6) is -1.21. The average molecular weight is 317 g/mol. The highest BCUT2D eigenvalue weighted by Gasteiger charge is 2.27. The summed E-state index contributed by atoms with van der Waals surface area (Å²) in [6.07, 6.45) is 2.21. The average Bonchev–Trinajstić information content (AvgIpc) is 2.82. The van der Waals surface area contributed by atoms with Gasteiger partial charge in [0.05, 0.1) is 12.1 Å². The summed E-state index contributed by atoms with van der Waals surface area (Å²) in [5, 5.41) is 9.15. The van der Waals surface area contributed by atoms with Gasteiger partial charge < -0.3 is 10.1 Å². The van der Waals surface area contributed by atoms with Crippen molar-refractivity contribution in [3.63, 3.8) is 0 Å². The largest absolute Gasteiger partial charge is 0.481 e. The van der Waals surface area contributed by atoms with E-state index in [1.807, 2.05) is 27.7 Å². The Kier molecular flexibility index (Phi) is 5.52. The van der Waals surface area contributed by atoms with Crippen LogP contribution in [0.5, 0.6) is 0 Å². The van der Waals surface area contributed by atoms with E-state index in [1.54, 1.807) is 0 Å². The van der Waals surface area contributed by atoms with Gasteiger partial charge >= 0.3 is 5.97 Å². The van der Waals surface area contributed by atoms with Crippen LogP contribution in [-0.4, -0.2) is 36.0 Å². The molecule has 0 aromatic carbocycles. The minimum atomic E-state index is -3.77. The molecule has 0 amide bonds. The summed E-state index contributed by atoms with van der Waals surface area (Å²) in [6, 6.07) is 0. The van der Waals surface area contributed by atoms with E-state index < -0.39 is 21.9 Å². The minimum absolute atomic E-state index is 0.0424. The van der Waals surface area contributed by atoms with E-state index in [-0.39, 0.29) is 17.0 Å². The predicted octanol–water partition coefficient (Wildman–Crippen LogP) is 1.39. The second kappa shape index (κ2) is 6.57. The molecule has 8 heteroatoms. The topological polar surface area (TPSA) is 112 Å². The summed E-state index contributed by atoms with van der Waals surface area (Å²) in [5.41, 5.74) is -0.197. The fourth-order valence-electron chi connectivity index (χ4n) is 1.93. The highest BCUT2D eigenvalue weighted by atomic mass is 32.2. The van der Waals surface area contributed by atoms with Crippen molar-refractivity contribution in [3.05, 3.63) is 12.0 Å². The molecule has 0 spiro atoms. The third-order valence-corrected chi connectivity index (χ3v) is 4.29. The number of aromatic nitrogens is 2. The van der Waals surface area contributed by atoms with Crippen molar-refractivity contribution < 1.29 is 18.3 Å². The van der Waals surface area contributed by atoms with Crippen molar-refractivity contribution >= 4 is 16.0 Å². The van der Waals surface area contributed by atoms with Crippen LogP contribution in [0.4, 0.5) is 0 Å². The van der Waals surface area contributed by atoms with Crippen molar-refractivity contribution in [1.82, 2.24) is 14.7 Å². The molecule has 1 aromatic heterocycles. The van der Waals surface area contributed by atoms with Gasteiger partial charge in [-0.3, -0.25) is 4.79 Å². The lowest BCUT2D eigenvalue weighted by Crippen LogP contribution is -2.35. The number of rotatable bonds is 7. The highest BCUT2D eigenvalue weighted by Crippen LogP contribution is 2.24. The lowest BCUT2D eigenvalue weighted by molar-refractivity contribution is -0.142. The number of H-pyrrole nitrogens is 1. The molecule has 0 aliphatic carbocycles. The molecular formula is C13H23N3O4S. The van der Waals surface area contributed by atoms with Crippen molar-refractivity contribution in [2.45, 2.75) is 45.6 Å². The molecule has 21 heavy (non-hydrogen) atoms. The first-order valence-electron chi connectivity index (χ1n) is 6.81. The Morgan fingerprint density at radius 2 is 2.10 bits per heavy atom. The predicted molar refractivity (Wildman–Crippen MR) is 78.4 cm³/mol. The van der Waals surface area contributed by atoms with Crippen molar-refractivity contribution in [3.8, 4) is 0 Å². The molecule has 0 aliphatic heterocycles. The van der Waals surface area contributed by atoms with Crippen LogP contribution in [0.25, 0.3) is 0 Å². The van der Waals surface area contributed by atoms with Gasteiger partial charge in [0, 0.05) is 13.0 Å². The molecule has 1 atom stereocenters. The molecule has 0 saturated carbocycles. The Morgan fingerprint density at radius 3 is 2.52 bits per heavy atom. The molecular weight excluding hydrogens is 294 g/mol. The summed E-state index contributed by atoms with van der Waals surface area (Å²) >= 11 is 0. The Balaban J connectivity index is 2.76. The number of nitrogens with zero attached hydrogens (tertiary/aromatic N) is 1. The van der Waals surface area contributed by atoms with Gasteiger partial charge in [0.2, 0.25) is 0 Å². The number of nitrogens with one attached hydrogen (secondary N) is 2. The van der Waals surface area contributed by atoms with Crippen molar-refractivity contribution in [2.24, 2.45) is 11.3 Å². The van der Waals surface area contributed by atoms with E-state index in [0.717, 1.165) is 0 Å². The van der Waals surface area contributed by atoms with E-state index in [2.05, 4.69) is 14.7 Å². The van der Waals surface area contributed by atoms with Gasteiger partial charge in [0.15, 0.2) is 5.03 Å². The van der Waals surface area contributed by atoms with Crippen LogP contribution < -0.4 is 4.72 Å². The summed E-state index contributed by atoms with van der Waals surface area (Å²) in [6.45, 7) is 7.46. The van der Waals surface area contributed by atoms with Crippen molar-refractivity contribution in [2.75, 3.05) is 6.54 Å². The second-order valence-corrected chi connectivity index (χ2v) is 7.93. The maximum atomic E-state index is 12.1. The molecule has 1 aromatic rings. The lowest BCUT2D eigenvalue weighted by atomic mass is 9.85. The quantitative estimate of drug-likeness (QED) is 0.703. The Morgan fingerprint density at radius 1 is 1.48 bits per heavy atom. The molecule has 0 bridgehead atoms. The van der Waals surface area contributed by atoms with Crippen LogP contribution in [0.3, 0.4) is 0 Å². The highest BCUT2D eigenvalue weighted by molar-refractivity contribution is 7.89. The van der Waals surface area contributed by atoms with Crippen LogP contribution in [0, 0.1) is 11.3 Å². The van der Waals surface area contributed by atoms with Crippen LogP contribution in [0.1, 0.15) is 39.9 Å². The Labute approximate surface area is 125 Å². The fraction of sp³-hybridized carbons (Fsp3) is 0.692. The molecule has 7 nitrogen and oxygen atoms in total. The van der Waals surface area contributed by atoms with Crippen LogP contribution in [0.2, 0.25) is 0 Å². The first kappa shape index (κ1) is 17.6. The minimum Gasteiger partial charge on any atom is -0.481 e. The molecule has 0 saturated heterocycles. The molecule has 0 radical (unpaired) electrons. The van der Waals surface area contributed by atoms with Gasteiger partial charge in [-0.05, 0) is 11.8 Å². The number of carboxylic acids is 1. The first-order chi connectivity index (χ1) is 9.55.